The number of rotatable bonds is 3. The van der Waals surface area contributed by atoms with Crippen molar-refractivity contribution in [3.8, 4) is 0 Å². The van der Waals surface area contributed by atoms with E-state index in [4.69, 9.17) is 0 Å². The van der Waals surface area contributed by atoms with Gasteiger partial charge >= 0.3 is 0 Å². The number of aryl methyl sites for hydroxylation is 1. The van der Waals surface area contributed by atoms with Gasteiger partial charge in [0.25, 0.3) is 0 Å². The molecular formula is C15H17FN2O2. The molecule has 1 heterocycles. The third kappa shape index (κ3) is 2.53. The van der Waals surface area contributed by atoms with Gasteiger partial charge in [0.2, 0.25) is 11.8 Å². The van der Waals surface area contributed by atoms with Gasteiger partial charge in [-0.2, -0.15) is 0 Å². The normalized spacial score (nSPS) is 22.2. The Morgan fingerprint density at radius 1 is 1.40 bits per heavy atom. The van der Waals surface area contributed by atoms with Crippen molar-refractivity contribution < 1.29 is 14.0 Å². The van der Waals surface area contributed by atoms with Crippen LogP contribution >= 0.6 is 0 Å². The van der Waals surface area contributed by atoms with E-state index in [0.717, 1.165) is 12.8 Å². The molecule has 1 saturated heterocycles. The summed E-state index contributed by atoms with van der Waals surface area (Å²) in [6.45, 7) is 2.16. The number of amides is 2. The van der Waals surface area contributed by atoms with Gasteiger partial charge in [-0.1, -0.05) is 6.07 Å². The minimum Gasteiger partial charge on any atom is -0.339 e. The van der Waals surface area contributed by atoms with Crippen molar-refractivity contribution in [3.63, 3.8) is 0 Å². The molecular weight excluding hydrogens is 259 g/mol. The third-order valence-corrected chi connectivity index (χ3v) is 3.96. The molecule has 4 nitrogen and oxygen atoms in total. The standard InChI is InChI=1S/C15H17FN2O2/c1-9-2-3-11(7-13(9)16)17-15(20)10-6-14(19)18(8-10)12-4-5-12/h2-3,7,10,12H,4-6,8H2,1H3,(H,17,20). The van der Waals surface area contributed by atoms with Crippen molar-refractivity contribution in [3.05, 3.63) is 29.6 Å². The molecule has 2 aliphatic rings. The molecule has 106 valence electrons. The molecule has 2 fully saturated rings. The summed E-state index contributed by atoms with van der Waals surface area (Å²) in [5.41, 5.74) is 0.981. The van der Waals surface area contributed by atoms with Gasteiger partial charge in [0.1, 0.15) is 5.82 Å². The van der Waals surface area contributed by atoms with E-state index >= 15 is 0 Å². The Kier molecular flexibility index (Phi) is 3.20. The first-order chi connectivity index (χ1) is 9.54. The Morgan fingerprint density at radius 3 is 2.80 bits per heavy atom. The SMILES string of the molecule is Cc1ccc(NC(=O)C2CC(=O)N(C3CC3)C2)cc1F. The smallest absolute Gasteiger partial charge is 0.229 e. The Morgan fingerprint density at radius 2 is 2.15 bits per heavy atom. The number of halogens is 1. The summed E-state index contributed by atoms with van der Waals surface area (Å²) in [5, 5.41) is 2.69. The van der Waals surface area contributed by atoms with Gasteiger partial charge in [0.15, 0.2) is 0 Å². The van der Waals surface area contributed by atoms with Crippen molar-refractivity contribution in [1.82, 2.24) is 4.90 Å². The second-order valence-electron chi connectivity index (χ2n) is 5.63. The summed E-state index contributed by atoms with van der Waals surface area (Å²) < 4.78 is 13.4. The van der Waals surface area contributed by atoms with E-state index in [1.165, 1.54) is 6.07 Å². The molecule has 0 spiro atoms. The highest BCUT2D eigenvalue weighted by Gasteiger charge is 2.41. The predicted molar refractivity (Wildman–Crippen MR) is 72.6 cm³/mol. The highest BCUT2D eigenvalue weighted by Crippen LogP contribution is 2.33. The molecule has 1 aromatic rings. The van der Waals surface area contributed by atoms with Crippen LogP contribution < -0.4 is 5.32 Å². The minimum absolute atomic E-state index is 0.0581. The molecule has 1 aliphatic carbocycles. The molecule has 0 bridgehead atoms. The molecule has 20 heavy (non-hydrogen) atoms. The molecule has 1 unspecified atom stereocenters. The number of nitrogens with zero attached hydrogens (tertiary/aromatic N) is 1. The maximum absolute atomic E-state index is 13.4. The molecule has 1 N–H and O–H groups in total. The lowest BCUT2D eigenvalue weighted by atomic mass is 10.1. The first-order valence-corrected chi connectivity index (χ1v) is 6.91. The van der Waals surface area contributed by atoms with Crippen molar-refractivity contribution in [1.29, 1.82) is 0 Å². The molecule has 1 aliphatic heterocycles. The topological polar surface area (TPSA) is 49.4 Å². The van der Waals surface area contributed by atoms with E-state index in [1.807, 2.05) is 0 Å². The highest BCUT2D eigenvalue weighted by atomic mass is 19.1. The van der Waals surface area contributed by atoms with Crippen LogP contribution in [-0.4, -0.2) is 29.3 Å². The van der Waals surface area contributed by atoms with Crippen LogP contribution in [0.4, 0.5) is 10.1 Å². The number of nitrogens with one attached hydrogen (secondary N) is 1. The van der Waals surface area contributed by atoms with E-state index in [9.17, 15) is 14.0 Å². The molecule has 0 radical (unpaired) electrons. The summed E-state index contributed by atoms with van der Waals surface area (Å²) in [6.07, 6.45) is 2.35. The number of anilines is 1. The van der Waals surface area contributed by atoms with Crippen LogP contribution in [0.3, 0.4) is 0 Å². The van der Waals surface area contributed by atoms with Crippen molar-refractivity contribution in [2.75, 3.05) is 11.9 Å². The maximum atomic E-state index is 13.4. The number of hydrogen-bond donors (Lipinski definition) is 1. The summed E-state index contributed by atoms with van der Waals surface area (Å²) in [5.74, 6) is -0.815. The number of carbonyl (C=O) groups is 2. The lowest BCUT2D eigenvalue weighted by Crippen LogP contribution is -2.29. The van der Waals surface area contributed by atoms with Gasteiger partial charge in [0.05, 0.1) is 5.92 Å². The Hall–Kier alpha value is -1.91. The zero-order valence-corrected chi connectivity index (χ0v) is 11.4. The predicted octanol–water partition coefficient (Wildman–Crippen LogP) is 2.08. The van der Waals surface area contributed by atoms with Gasteiger partial charge in [0, 0.05) is 24.7 Å². The summed E-state index contributed by atoms with van der Waals surface area (Å²) in [6, 6.07) is 4.95. The Bertz CT molecular complexity index is 569. The zero-order chi connectivity index (χ0) is 14.3. The van der Waals surface area contributed by atoms with Crippen molar-refractivity contribution in [2.24, 2.45) is 5.92 Å². The van der Waals surface area contributed by atoms with E-state index in [0.29, 0.717) is 23.8 Å². The first kappa shape index (κ1) is 13.1. The average molecular weight is 276 g/mol. The van der Waals surface area contributed by atoms with Gasteiger partial charge in [-0.3, -0.25) is 9.59 Å². The molecule has 0 aromatic heterocycles. The third-order valence-electron chi connectivity index (χ3n) is 3.96. The van der Waals surface area contributed by atoms with E-state index in [1.54, 1.807) is 24.0 Å². The number of benzene rings is 1. The first-order valence-electron chi connectivity index (χ1n) is 6.91. The van der Waals surface area contributed by atoms with Gasteiger partial charge in [-0.25, -0.2) is 4.39 Å². The van der Waals surface area contributed by atoms with Crippen molar-refractivity contribution >= 4 is 17.5 Å². The monoisotopic (exact) mass is 276 g/mol. The Balaban J connectivity index is 1.64. The molecule has 2 amide bonds. The molecule has 1 atom stereocenters. The van der Waals surface area contributed by atoms with Crippen LogP contribution in [-0.2, 0) is 9.59 Å². The van der Waals surface area contributed by atoms with Gasteiger partial charge < -0.3 is 10.2 Å². The fraction of sp³-hybridized carbons (Fsp3) is 0.467. The maximum Gasteiger partial charge on any atom is 0.229 e. The molecule has 5 heteroatoms. The van der Waals surface area contributed by atoms with Crippen LogP contribution in [0.2, 0.25) is 0 Å². The van der Waals surface area contributed by atoms with Crippen LogP contribution in [0.5, 0.6) is 0 Å². The number of likely N-dealkylation sites (tertiary alicyclic amines) is 1. The molecule has 1 aromatic carbocycles. The van der Waals surface area contributed by atoms with Crippen LogP contribution in [0, 0.1) is 18.7 Å². The Labute approximate surface area is 117 Å². The second-order valence-corrected chi connectivity index (χ2v) is 5.63. The summed E-state index contributed by atoms with van der Waals surface area (Å²) in [4.78, 5) is 25.7. The number of hydrogen-bond acceptors (Lipinski definition) is 2. The van der Waals surface area contributed by atoms with E-state index in [2.05, 4.69) is 5.32 Å². The van der Waals surface area contributed by atoms with Gasteiger partial charge in [-0.05, 0) is 37.5 Å². The average Bonchev–Trinajstić information content (AvgIpc) is 3.17. The zero-order valence-electron chi connectivity index (χ0n) is 11.4. The lowest BCUT2D eigenvalue weighted by molar-refractivity contribution is -0.128. The second kappa shape index (κ2) is 4.89. The van der Waals surface area contributed by atoms with Crippen LogP contribution in [0.15, 0.2) is 18.2 Å². The fourth-order valence-electron chi connectivity index (χ4n) is 2.56. The van der Waals surface area contributed by atoms with Gasteiger partial charge in [-0.15, -0.1) is 0 Å². The van der Waals surface area contributed by atoms with Crippen LogP contribution in [0.25, 0.3) is 0 Å². The fourth-order valence-corrected chi connectivity index (χ4v) is 2.56. The van der Waals surface area contributed by atoms with E-state index in [-0.39, 0.29) is 30.0 Å². The summed E-state index contributed by atoms with van der Waals surface area (Å²) >= 11 is 0. The van der Waals surface area contributed by atoms with E-state index < -0.39 is 0 Å². The lowest BCUT2D eigenvalue weighted by Gasteiger charge is -2.15. The minimum atomic E-state index is -0.343. The highest BCUT2D eigenvalue weighted by molar-refractivity contribution is 5.97. The quantitative estimate of drug-likeness (QED) is 0.919. The molecule has 3 rings (SSSR count). The largest absolute Gasteiger partial charge is 0.339 e. The summed E-state index contributed by atoms with van der Waals surface area (Å²) in [7, 11) is 0. The van der Waals surface area contributed by atoms with Crippen molar-refractivity contribution in [2.45, 2.75) is 32.2 Å². The molecule has 1 saturated carbocycles. The van der Waals surface area contributed by atoms with Crippen LogP contribution in [0.1, 0.15) is 24.8 Å². The number of carbonyl (C=O) groups excluding carboxylic acids is 2.